The van der Waals surface area contributed by atoms with E-state index in [1.54, 1.807) is 0 Å². The van der Waals surface area contributed by atoms with E-state index in [4.69, 9.17) is 10.8 Å². The second-order valence-corrected chi connectivity index (χ2v) is 3.59. The molecule has 0 fully saturated rings. The summed E-state index contributed by atoms with van der Waals surface area (Å²) in [5.74, 6) is -0.724. The molecular formula is C6H12INO2. The first kappa shape index (κ1) is 10.2. The van der Waals surface area contributed by atoms with E-state index in [1.165, 1.54) is 0 Å². The van der Waals surface area contributed by atoms with Crippen LogP contribution in [0.1, 0.15) is 19.3 Å². The highest BCUT2D eigenvalue weighted by Gasteiger charge is 2.10. The molecule has 0 aromatic heterocycles. The molecule has 3 nitrogen and oxygen atoms in total. The van der Waals surface area contributed by atoms with E-state index in [2.05, 4.69) is 0 Å². The summed E-state index contributed by atoms with van der Waals surface area (Å²) >= 11 is 1.93. The molecular weight excluding hydrogens is 245 g/mol. The largest absolute Gasteiger partial charge is 0.480 e. The minimum Gasteiger partial charge on any atom is -0.480 e. The normalized spacial score (nSPS) is 13.0. The number of aliphatic carboxylic acids is 1. The number of carboxylic acid groups (broad SMARTS) is 1. The average Bonchev–Trinajstić information content (AvgIpc) is 1.88. The van der Waals surface area contributed by atoms with Crippen molar-refractivity contribution in [3.63, 3.8) is 0 Å². The minimum atomic E-state index is -0.724. The number of alkyl halides is 1. The SMILES string of the molecule is NCCCC[C@H](I)C(=O)O. The van der Waals surface area contributed by atoms with E-state index in [0.717, 1.165) is 19.3 Å². The molecule has 0 amide bonds. The Morgan fingerprint density at radius 1 is 1.60 bits per heavy atom. The molecule has 0 radical (unpaired) electrons. The molecule has 0 bridgehead atoms. The van der Waals surface area contributed by atoms with Crippen LogP contribution in [0.25, 0.3) is 0 Å². The second kappa shape index (κ2) is 5.91. The van der Waals surface area contributed by atoms with Crippen molar-refractivity contribution in [1.29, 1.82) is 0 Å². The molecule has 0 heterocycles. The maximum Gasteiger partial charge on any atom is 0.316 e. The summed E-state index contributed by atoms with van der Waals surface area (Å²) < 4.78 is -0.246. The van der Waals surface area contributed by atoms with Crippen LogP contribution < -0.4 is 5.73 Å². The van der Waals surface area contributed by atoms with Gasteiger partial charge in [0.15, 0.2) is 0 Å². The zero-order chi connectivity index (χ0) is 7.98. The molecule has 0 aliphatic rings. The summed E-state index contributed by atoms with van der Waals surface area (Å²) in [6.07, 6.45) is 2.57. The monoisotopic (exact) mass is 257 g/mol. The van der Waals surface area contributed by atoms with Crippen LogP contribution >= 0.6 is 22.6 Å². The quantitative estimate of drug-likeness (QED) is 0.439. The minimum absolute atomic E-state index is 0.246. The first-order valence-corrected chi connectivity index (χ1v) is 4.50. The van der Waals surface area contributed by atoms with Gasteiger partial charge in [-0.05, 0) is 19.4 Å². The number of hydrogen-bond acceptors (Lipinski definition) is 2. The van der Waals surface area contributed by atoms with Gasteiger partial charge in [-0.3, -0.25) is 4.79 Å². The lowest BCUT2D eigenvalue weighted by Gasteiger charge is -2.01. The van der Waals surface area contributed by atoms with Crippen LogP contribution in [0.15, 0.2) is 0 Å². The topological polar surface area (TPSA) is 63.3 Å². The molecule has 1 atom stereocenters. The third kappa shape index (κ3) is 4.99. The number of carboxylic acids is 1. The van der Waals surface area contributed by atoms with Crippen molar-refractivity contribution in [2.45, 2.75) is 23.2 Å². The fourth-order valence-electron chi connectivity index (χ4n) is 0.591. The molecule has 3 N–H and O–H groups in total. The molecule has 0 aliphatic heterocycles. The third-order valence-electron chi connectivity index (χ3n) is 1.18. The fourth-order valence-corrected chi connectivity index (χ4v) is 1.03. The zero-order valence-electron chi connectivity index (χ0n) is 5.72. The molecule has 0 aliphatic carbocycles. The Kier molecular flexibility index (Phi) is 6.00. The summed E-state index contributed by atoms with van der Waals surface area (Å²) in [6.45, 7) is 0.656. The lowest BCUT2D eigenvalue weighted by Crippen LogP contribution is -2.12. The van der Waals surface area contributed by atoms with Crippen molar-refractivity contribution in [2.75, 3.05) is 6.54 Å². The number of halogens is 1. The lowest BCUT2D eigenvalue weighted by atomic mass is 10.2. The number of unbranched alkanes of at least 4 members (excludes halogenated alkanes) is 1. The van der Waals surface area contributed by atoms with E-state index in [9.17, 15) is 4.79 Å². The van der Waals surface area contributed by atoms with Crippen molar-refractivity contribution in [3.05, 3.63) is 0 Å². The third-order valence-corrected chi connectivity index (χ3v) is 2.34. The van der Waals surface area contributed by atoms with Crippen molar-refractivity contribution < 1.29 is 9.90 Å². The molecule has 0 aromatic rings. The van der Waals surface area contributed by atoms with E-state index in [0.29, 0.717) is 6.54 Å². The summed E-state index contributed by atoms with van der Waals surface area (Å²) in [6, 6.07) is 0. The van der Waals surface area contributed by atoms with Gasteiger partial charge in [-0.25, -0.2) is 0 Å². The van der Waals surface area contributed by atoms with Gasteiger partial charge in [-0.2, -0.15) is 0 Å². The van der Waals surface area contributed by atoms with Crippen LogP contribution in [-0.2, 0) is 4.79 Å². The first-order valence-electron chi connectivity index (χ1n) is 3.25. The van der Waals surface area contributed by atoms with E-state index in [-0.39, 0.29) is 3.92 Å². The molecule has 0 unspecified atom stereocenters. The Bertz CT molecular complexity index is 108. The van der Waals surface area contributed by atoms with E-state index in [1.807, 2.05) is 22.6 Å². The van der Waals surface area contributed by atoms with Crippen LogP contribution in [0.4, 0.5) is 0 Å². The molecule has 4 heteroatoms. The summed E-state index contributed by atoms with van der Waals surface area (Å²) in [5, 5.41) is 8.44. The average molecular weight is 257 g/mol. The summed E-state index contributed by atoms with van der Waals surface area (Å²) in [5.41, 5.74) is 5.24. The van der Waals surface area contributed by atoms with Gasteiger partial charge in [-0.15, -0.1) is 0 Å². The molecule has 0 rings (SSSR count). The van der Waals surface area contributed by atoms with Crippen molar-refractivity contribution in [1.82, 2.24) is 0 Å². The number of hydrogen-bond donors (Lipinski definition) is 2. The predicted molar refractivity (Wildman–Crippen MR) is 48.3 cm³/mol. The Balaban J connectivity index is 3.21. The summed E-state index contributed by atoms with van der Waals surface area (Å²) in [4.78, 5) is 10.3. The highest BCUT2D eigenvalue weighted by molar-refractivity contribution is 14.1. The molecule has 0 saturated heterocycles. The maximum absolute atomic E-state index is 10.3. The number of carbonyl (C=O) groups is 1. The molecule has 60 valence electrons. The summed E-state index contributed by atoms with van der Waals surface area (Å²) in [7, 11) is 0. The Hall–Kier alpha value is 0.160. The zero-order valence-corrected chi connectivity index (χ0v) is 7.87. The Morgan fingerprint density at radius 3 is 2.60 bits per heavy atom. The van der Waals surface area contributed by atoms with Crippen molar-refractivity contribution in [3.8, 4) is 0 Å². The molecule has 0 aromatic carbocycles. The predicted octanol–water partition coefficient (Wildman–Crippen LogP) is 1.00. The van der Waals surface area contributed by atoms with Crippen molar-refractivity contribution in [2.24, 2.45) is 5.73 Å². The molecule has 0 saturated carbocycles. The number of rotatable bonds is 5. The van der Waals surface area contributed by atoms with E-state index >= 15 is 0 Å². The van der Waals surface area contributed by atoms with Gasteiger partial charge < -0.3 is 10.8 Å². The van der Waals surface area contributed by atoms with Crippen LogP contribution in [0.5, 0.6) is 0 Å². The van der Waals surface area contributed by atoms with Gasteiger partial charge >= 0.3 is 5.97 Å². The van der Waals surface area contributed by atoms with Gasteiger partial charge in [0.25, 0.3) is 0 Å². The Labute approximate surface area is 74.1 Å². The van der Waals surface area contributed by atoms with Crippen LogP contribution in [-0.4, -0.2) is 21.5 Å². The van der Waals surface area contributed by atoms with Gasteiger partial charge in [-0.1, -0.05) is 29.0 Å². The number of nitrogens with two attached hydrogens (primary N) is 1. The van der Waals surface area contributed by atoms with Gasteiger partial charge in [0.1, 0.15) is 3.92 Å². The standard InChI is InChI=1S/C6H12INO2/c7-5(6(9)10)3-1-2-4-8/h5H,1-4,8H2,(H,9,10)/t5-/m0/s1. The Morgan fingerprint density at radius 2 is 2.20 bits per heavy atom. The van der Waals surface area contributed by atoms with Crippen LogP contribution in [0, 0.1) is 0 Å². The van der Waals surface area contributed by atoms with E-state index < -0.39 is 5.97 Å². The van der Waals surface area contributed by atoms with Gasteiger partial charge in [0.05, 0.1) is 0 Å². The second-order valence-electron chi connectivity index (χ2n) is 2.09. The lowest BCUT2D eigenvalue weighted by molar-refractivity contribution is -0.136. The highest BCUT2D eigenvalue weighted by Crippen LogP contribution is 2.09. The molecule has 10 heavy (non-hydrogen) atoms. The van der Waals surface area contributed by atoms with Gasteiger partial charge in [0.2, 0.25) is 0 Å². The maximum atomic E-state index is 10.3. The van der Waals surface area contributed by atoms with Crippen LogP contribution in [0.3, 0.4) is 0 Å². The van der Waals surface area contributed by atoms with Crippen molar-refractivity contribution >= 4 is 28.6 Å². The smallest absolute Gasteiger partial charge is 0.316 e. The fraction of sp³-hybridized carbons (Fsp3) is 0.833. The highest BCUT2D eigenvalue weighted by atomic mass is 127. The van der Waals surface area contributed by atoms with Gasteiger partial charge in [0, 0.05) is 0 Å². The van der Waals surface area contributed by atoms with Crippen LogP contribution in [0.2, 0.25) is 0 Å². The first-order chi connectivity index (χ1) is 4.68. The molecule has 0 spiro atoms.